The summed E-state index contributed by atoms with van der Waals surface area (Å²) in [4.78, 5) is 2.50. The van der Waals surface area contributed by atoms with Crippen LogP contribution in [0, 0.1) is 5.92 Å². The van der Waals surface area contributed by atoms with Gasteiger partial charge in [0, 0.05) is 18.0 Å². The van der Waals surface area contributed by atoms with E-state index in [1.807, 2.05) is 12.1 Å². The third-order valence-corrected chi connectivity index (χ3v) is 6.30. The molecule has 126 valence electrons. The van der Waals surface area contributed by atoms with Gasteiger partial charge < -0.3 is 5.11 Å². The second-order valence-electron chi connectivity index (χ2n) is 7.60. The Morgan fingerprint density at radius 2 is 2.22 bits per heavy atom. The first kappa shape index (κ1) is 16.6. The van der Waals surface area contributed by atoms with Gasteiger partial charge in [0.1, 0.15) is 5.75 Å². The van der Waals surface area contributed by atoms with Gasteiger partial charge in [-0.2, -0.15) is 0 Å². The molecular formula is C21H31NO. The van der Waals surface area contributed by atoms with Crippen molar-refractivity contribution in [2.75, 3.05) is 13.6 Å². The Morgan fingerprint density at radius 1 is 1.39 bits per heavy atom. The number of fused-ring (bicyclic) bond motifs is 3. The van der Waals surface area contributed by atoms with Crippen molar-refractivity contribution < 1.29 is 5.11 Å². The first-order valence-corrected chi connectivity index (χ1v) is 9.26. The quantitative estimate of drug-likeness (QED) is 0.799. The van der Waals surface area contributed by atoms with Gasteiger partial charge in [-0.1, -0.05) is 38.3 Å². The van der Waals surface area contributed by atoms with E-state index in [1.54, 1.807) is 0 Å². The van der Waals surface area contributed by atoms with Crippen LogP contribution in [0.1, 0.15) is 56.6 Å². The van der Waals surface area contributed by atoms with Gasteiger partial charge in [-0.3, -0.25) is 4.90 Å². The van der Waals surface area contributed by atoms with Gasteiger partial charge in [0.15, 0.2) is 0 Å². The Balaban J connectivity index is 2.09. The highest BCUT2D eigenvalue weighted by Gasteiger charge is 2.49. The number of phenolic OH excluding ortho intramolecular Hbond substituents is 1. The Hall–Kier alpha value is -1.28. The molecule has 0 aromatic heterocycles. The number of phenols is 1. The van der Waals surface area contributed by atoms with Crippen LogP contribution in [0.15, 0.2) is 30.9 Å². The molecule has 1 aromatic rings. The van der Waals surface area contributed by atoms with Crippen molar-refractivity contribution in [3.8, 4) is 5.75 Å². The van der Waals surface area contributed by atoms with Gasteiger partial charge in [-0.25, -0.2) is 0 Å². The summed E-state index contributed by atoms with van der Waals surface area (Å²) in [6.07, 6.45) is 10.9. The van der Waals surface area contributed by atoms with E-state index in [0.29, 0.717) is 17.7 Å². The van der Waals surface area contributed by atoms with Gasteiger partial charge in [0.25, 0.3) is 0 Å². The van der Waals surface area contributed by atoms with Crippen molar-refractivity contribution in [1.82, 2.24) is 4.90 Å². The molecule has 2 aliphatic rings. The number of nitrogens with zero attached hydrogens (tertiary/aromatic N) is 1. The van der Waals surface area contributed by atoms with Crippen LogP contribution >= 0.6 is 0 Å². The van der Waals surface area contributed by atoms with E-state index < -0.39 is 0 Å². The molecule has 0 amide bonds. The highest BCUT2D eigenvalue weighted by Crippen LogP contribution is 2.54. The van der Waals surface area contributed by atoms with Crippen LogP contribution in [0.3, 0.4) is 0 Å². The van der Waals surface area contributed by atoms with Gasteiger partial charge in [-0.05, 0) is 61.9 Å². The molecule has 2 heteroatoms. The van der Waals surface area contributed by atoms with Gasteiger partial charge >= 0.3 is 0 Å². The molecule has 2 unspecified atom stereocenters. The molecule has 0 radical (unpaired) electrons. The fraction of sp³-hybridized carbons (Fsp3) is 0.619. The summed E-state index contributed by atoms with van der Waals surface area (Å²) >= 11 is 0. The maximum Gasteiger partial charge on any atom is 0.115 e. The van der Waals surface area contributed by atoms with E-state index in [4.69, 9.17) is 0 Å². The van der Waals surface area contributed by atoms with Crippen molar-refractivity contribution in [3.05, 3.63) is 42.0 Å². The molecule has 1 aromatic carbocycles. The number of hydrogen-bond acceptors (Lipinski definition) is 2. The zero-order valence-electron chi connectivity index (χ0n) is 14.7. The Labute approximate surface area is 141 Å². The van der Waals surface area contributed by atoms with Gasteiger partial charge in [0.05, 0.1) is 0 Å². The van der Waals surface area contributed by atoms with Crippen LogP contribution in [-0.2, 0) is 11.8 Å². The fourth-order valence-corrected chi connectivity index (χ4v) is 5.43. The zero-order chi connectivity index (χ0) is 16.4. The first-order valence-electron chi connectivity index (χ1n) is 9.26. The van der Waals surface area contributed by atoms with E-state index in [2.05, 4.69) is 37.6 Å². The van der Waals surface area contributed by atoms with Crippen LogP contribution < -0.4 is 0 Å². The highest BCUT2D eigenvalue weighted by atomic mass is 16.3. The van der Waals surface area contributed by atoms with Crippen molar-refractivity contribution >= 4 is 0 Å². The van der Waals surface area contributed by atoms with E-state index in [0.717, 1.165) is 13.0 Å². The van der Waals surface area contributed by atoms with E-state index in [-0.39, 0.29) is 5.41 Å². The summed E-state index contributed by atoms with van der Waals surface area (Å²) in [6, 6.07) is 6.71. The summed E-state index contributed by atoms with van der Waals surface area (Å²) in [5, 5.41) is 10.1. The van der Waals surface area contributed by atoms with E-state index in [1.165, 1.54) is 49.7 Å². The largest absolute Gasteiger partial charge is 0.508 e. The molecule has 0 aliphatic heterocycles. The lowest BCUT2D eigenvalue weighted by atomic mass is 9.54. The second kappa shape index (κ2) is 6.68. The molecule has 2 aliphatic carbocycles. The smallest absolute Gasteiger partial charge is 0.115 e. The standard InChI is InChI=1S/C21H31NO/c1-4-11-21-12-7-6-8-18(21)20(22(3)13-5-2)14-16-9-10-17(23)15-19(16)21/h5,9-10,15,18,20,23H,2,4,6-8,11-14H2,1,3H3/t18?,20?,21-/m1/s1. The molecule has 0 saturated heterocycles. The number of rotatable bonds is 5. The predicted molar refractivity (Wildman–Crippen MR) is 97.0 cm³/mol. The summed E-state index contributed by atoms with van der Waals surface area (Å²) in [6.45, 7) is 7.20. The maximum absolute atomic E-state index is 10.1. The Kier molecular flexibility index (Phi) is 4.82. The van der Waals surface area contributed by atoms with Crippen LogP contribution in [0.2, 0.25) is 0 Å². The summed E-state index contributed by atoms with van der Waals surface area (Å²) in [5.74, 6) is 1.14. The number of aromatic hydroxyl groups is 1. The lowest BCUT2D eigenvalue weighted by Crippen LogP contribution is -2.54. The monoisotopic (exact) mass is 313 g/mol. The molecule has 2 nitrogen and oxygen atoms in total. The minimum absolute atomic E-state index is 0.263. The van der Waals surface area contributed by atoms with Crippen LogP contribution in [0.25, 0.3) is 0 Å². The number of benzene rings is 1. The molecule has 1 N–H and O–H groups in total. The third kappa shape index (κ3) is 2.82. The minimum atomic E-state index is 0.263. The van der Waals surface area contributed by atoms with Gasteiger partial charge in [-0.15, -0.1) is 6.58 Å². The van der Waals surface area contributed by atoms with Crippen molar-refractivity contribution in [3.63, 3.8) is 0 Å². The normalized spacial score (nSPS) is 29.9. The topological polar surface area (TPSA) is 23.5 Å². The maximum atomic E-state index is 10.1. The summed E-state index contributed by atoms with van der Waals surface area (Å²) < 4.78 is 0. The van der Waals surface area contributed by atoms with Crippen LogP contribution in [0.4, 0.5) is 0 Å². The molecule has 0 heterocycles. The Morgan fingerprint density at radius 3 is 2.96 bits per heavy atom. The second-order valence-corrected chi connectivity index (χ2v) is 7.60. The lowest BCUT2D eigenvalue weighted by Gasteiger charge is -2.54. The summed E-state index contributed by atoms with van der Waals surface area (Å²) in [5.41, 5.74) is 3.17. The molecule has 1 saturated carbocycles. The predicted octanol–water partition coefficient (Wildman–Crippen LogP) is 4.66. The fourth-order valence-electron chi connectivity index (χ4n) is 5.43. The molecular weight excluding hydrogens is 282 g/mol. The van der Waals surface area contributed by atoms with E-state index in [9.17, 15) is 5.11 Å². The zero-order valence-corrected chi connectivity index (χ0v) is 14.7. The summed E-state index contributed by atoms with van der Waals surface area (Å²) in [7, 11) is 2.25. The highest BCUT2D eigenvalue weighted by molar-refractivity contribution is 5.44. The molecule has 23 heavy (non-hydrogen) atoms. The van der Waals surface area contributed by atoms with Crippen molar-refractivity contribution in [2.24, 2.45) is 5.92 Å². The van der Waals surface area contributed by atoms with Crippen LogP contribution in [0.5, 0.6) is 5.75 Å². The number of hydrogen-bond donors (Lipinski definition) is 1. The van der Waals surface area contributed by atoms with E-state index >= 15 is 0 Å². The number of likely N-dealkylation sites (N-methyl/N-ethyl adjacent to an activating group) is 1. The minimum Gasteiger partial charge on any atom is -0.508 e. The Bertz CT molecular complexity index is 563. The van der Waals surface area contributed by atoms with Crippen LogP contribution in [-0.4, -0.2) is 29.6 Å². The molecule has 3 rings (SSSR count). The molecule has 3 atom stereocenters. The first-order chi connectivity index (χ1) is 11.1. The molecule has 1 fully saturated rings. The molecule has 0 bridgehead atoms. The average molecular weight is 313 g/mol. The van der Waals surface area contributed by atoms with Gasteiger partial charge in [0.2, 0.25) is 0 Å². The third-order valence-electron chi connectivity index (χ3n) is 6.30. The SMILES string of the molecule is C=CCN(C)C1Cc2ccc(O)cc2[C@]2(CCC)CCCCC12. The lowest BCUT2D eigenvalue weighted by molar-refractivity contribution is 0.0579. The average Bonchev–Trinajstić information content (AvgIpc) is 2.55. The van der Waals surface area contributed by atoms with Crippen molar-refractivity contribution in [1.29, 1.82) is 0 Å². The van der Waals surface area contributed by atoms with Crippen molar-refractivity contribution in [2.45, 2.75) is 63.3 Å². The molecule has 0 spiro atoms.